The second-order valence-electron chi connectivity index (χ2n) is 33.5. The molecule has 8 aromatic carbocycles. The van der Waals surface area contributed by atoms with Crippen LogP contribution in [0.15, 0.2) is 280 Å². The molecule has 0 radical (unpaired) electrons. The summed E-state index contributed by atoms with van der Waals surface area (Å²) >= 11 is 6.16. The number of methoxy groups -OCH3 is 1. The second-order valence-corrected chi connectivity index (χ2v) is 33.9. The minimum atomic E-state index is -0.400. The maximum absolute atomic E-state index is 13.5. The molecule has 4 saturated carbocycles. The Morgan fingerprint density at radius 1 is 0.331 bits per heavy atom. The van der Waals surface area contributed by atoms with Gasteiger partial charge < -0.3 is 67.3 Å². The van der Waals surface area contributed by atoms with Gasteiger partial charge in [-0.25, -0.2) is 37.5 Å². The van der Waals surface area contributed by atoms with Crippen LogP contribution in [0.1, 0.15) is 187 Å². The first kappa shape index (κ1) is 89.8. The van der Waals surface area contributed by atoms with Crippen molar-refractivity contribution in [2.24, 2.45) is 0 Å². The van der Waals surface area contributed by atoms with Crippen LogP contribution in [0.3, 0.4) is 0 Å². The molecule has 4 aliphatic carbocycles. The lowest BCUT2D eigenvalue weighted by Gasteiger charge is -2.15. The Hall–Kier alpha value is -15.1. The zero-order valence-corrected chi connectivity index (χ0v) is 74.3. The molecule has 0 spiro atoms. The largest absolute Gasteiger partial charge is 0.495 e. The average Bonchev–Trinajstić information content (AvgIpc) is 1.64. The van der Waals surface area contributed by atoms with Crippen molar-refractivity contribution >= 4 is 69.6 Å². The number of ether oxygens (including phenoxy) is 1. The van der Waals surface area contributed by atoms with Crippen molar-refractivity contribution in [2.75, 3.05) is 33.7 Å². The van der Waals surface area contributed by atoms with E-state index in [1.165, 1.54) is 88.2 Å². The Morgan fingerprint density at radius 3 is 0.880 bits per heavy atom. The number of amides is 5. The topological polar surface area (TPSA) is 279 Å². The van der Waals surface area contributed by atoms with Gasteiger partial charge in [0.2, 0.25) is 5.91 Å². The number of furan rings is 4. The van der Waals surface area contributed by atoms with E-state index < -0.39 is 11.8 Å². The summed E-state index contributed by atoms with van der Waals surface area (Å²) in [6.45, 7) is 5.41. The minimum Gasteiger partial charge on any atom is -0.495 e. The van der Waals surface area contributed by atoms with Gasteiger partial charge in [-0.3, -0.25) is 24.0 Å². The van der Waals surface area contributed by atoms with Crippen molar-refractivity contribution in [3.63, 3.8) is 0 Å². The average molecular weight is 1810 g/mol. The highest BCUT2D eigenvalue weighted by molar-refractivity contribution is 6.32. The summed E-state index contributed by atoms with van der Waals surface area (Å²) in [6, 6.07) is 67.1. The molecule has 8 aromatic heterocycles. The van der Waals surface area contributed by atoms with Gasteiger partial charge in [0.1, 0.15) is 51.8 Å². The summed E-state index contributed by atoms with van der Waals surface area (Å²) in [5.41, 5.74) is 14.5. The monoisotopic (exact) mass is 1810 g/mol. The molecule has 28 heteroatoms. The molecular formula is C105H96ClF4N13O10. The number of imidazole rings is 4. The molecule has 23 nitrogen and oxygen atoms in total. The molecule has 5 amide bonds. The number of hydrogen-bond donors (Lipinski definition) is 5. The van der Waals surface area contributed by atoms with E-state index in [1.807, 2.05) is 87.7 Å². The molecule has 0 unspecified atom stereocenters. The van der Waals surface area contributed by atoms with Crippen LogP contribution in [-0.4, -0.2) is 74.9 Å². The maximum atomic E-state index is 13.5. The Kier molecular flexibility index (Phi) is 27.6. The summed E-state index contributed by atoms with van der Waals surface area (Å²) in [7, 11) is 1.53. The van der Waals surface area contributed by atoms with Gasteiger partial charge >= 0.3 is 0 Å². The summed E-state index contributed by atoms with van der Waals surface area (Å²) in [5, 5.41) is 14.4. The van der Waals surface area contributed by atoms with E-state index in [0.29, 0.717) is 92.1 Å². The first-order chi connectivity index (χ1) is 64.7. The highest BCUT2D eigenvalue weighted by Crippen LogP contribution is 2.45. The SMILES string of the molecule is CC(=O)Nc1ccc(NC(=O)c2ccc(-c3c(-c4ccc(F)cc4)ncn3C3CCCC3)o2)cc1.COc1ccc(NC(=O)c2ccc(-c3c(-c4ccc(F)cc4)ncn3C3CCCC3)o2)cc1Cl.Cc1ccc(NC(=O)c2ccc(-c3c(-c4ccc(F)cc4)ncn3C3CCCC3)o2)cc1.Cc1cccc(NC(=O)c2ccc(-c3c(-c4ccc(F)cc4)ncn3C3CCCC3)o2)c1. The van der Waals surface area contributed by atoms with E-state index >= 15 is 0 Å². The smallest absolute Gasteiger partial charge is 0.291 e. The quantitative estimate of drug-likeness (QED) is 0.0395. The number of rotatable bonds is 22. The molecule has 4 fully saturated rings. The fraction of sp³-hybridized carbons (Fsp3) is 0.229. The zero-order chi connectivity index (χ0) is 92.2. The molecule has 676 valence electrons. The van der Waals surface area contributed by atoms with Gasteiger partial charge in [-0.1, -0.05) is 92.8 Å². The number of nitrogens with one attached hydrogen (secondary N) is 5. The molecular weight excluding hydrogens is 1710 g/mol. The van der Waals surface area contributed by atoms with Gasteiger partial charge in [0.25, 0.3) is 23.6 Å². The zero-order valence-electron chi connectivity index (χ0n) is 73.5. The van der Waals surface area contributed by atoms with Crippen molar-refractivity contribution in [1.82, 2.24) is 38.2 Å². The van der Waals surface area contributed by atoms with Crippen molar-refractivity contribution in [3.8, 4) is 96.6 Å². The van der Waals surface area contributed by atoms with Gasteiger partial charge in [-0.2, -0.15) is 0 Å². The third-order valence-corrected chi connectivity index (χ3v) is 24.5. The number of aryl methyl sites for hydroxylation is 2. The highest BCUT2D eigenvalue weighted by atomic mass is 35.5. The third-order valence-electron chi connectivity index (χ3n) is 24.2. The standard InChI is InChI=1S/C27H25FN4O3.C26H23ClFN3O3.2C26H24FN3O2/c1-17(33)30-20-10-12-21(13-11-20)31-27(34)24-15-14-23(35-24)26-25(18-6-8-19(28)9-7-18)29-16-32(26)22-4-2-3-5-22;1-33-21-11-10-18(14-20(21)27)30-26(32)23-13-12-22(34-23)25-24(16-6-8-17(28)9-7-16)29-15-31(25)19-4-2-3-5-19;1-17-5-4-6-20(15-17)29-26(31)23-14-13-22(32-23)25-24(18-9-11-19(27)12-10-18)28-16-30(25)21-7-2-3-8-21;1-17-6-12-20(13-7-17)29-26(31)23-15-14-22(32-23)25-24(18-8-10-19(27)11-9-18)28-16-30(25)21-4-2-3-5-21/h6-16,22H,2-5H2,1H3,(H,30,33)(H,31,34);6-15,19H,2-5H2,1H3,(H,30,32);4-6,9-16,21H,2-3,7-8H2,1H3,(H,29,31);6-16,21H,2-5H2,1H3,(H,29,31). The molecule has 0 bridgehead atoms. The van der Waals surface area contributed by atoms with Crippen LogP contribution in [0.4, 0.5) is 46.0 Å². The van der Waals surface area contributed by atoms with E-state index in [0.717, 1.165) is 150 Å². The van der Waals surface area contributed by atoms with Gasteiger partial charge in [-0.15, -0.1) is 0 Å². The molecule has 133 heavy (non-hydrogen) atoms. The molecule has 8 heterocycles. The van der Waals surface area contributed by atoms with Crippen LogP contribution < -0.4 is 31.3 Å². The lowest BCUT2D eigenvalue weighted by atomic mass is 10.1. The Balaban J connectivity index is 0.000000124. The first-order valence-electron chi connectivity index (χ1n) is 44.5. The number of nitrogens with zero attached hydrogens (tertiary/aromatic N) is 8. The number of anilines is 5. The van der Waals surface area contributed by atoms with Gasteiger partial charge in [-0.05, 0) is 283 Å². The summed E-state index contributed by atoms with van der Waals surface area (Å²) in [5.74, 6) is 0.717. The maximum Gasteiger partial charge on any atom is 0.291 e. The molecule has 0 aliphatic heterocycles. The highest BCUT2D eigenvalue weighted by Gasteiger charge is 2.32. The predicted octanol–water partition coefficient (Wildman–Crippen LogP) is 26.5. The van der Waals surface area contributed by atoms with E-state index in [4.69, 9.17) is 34.0 Å². The number of carbonyl (C=O) groups excluding carboxylic acids is 5. The van der Waals surface area contributed by atoms with Crippen LogP contribution in [0.2, 0.25) is 5.02 Å². The lowest BCUT2D eigenvalue weighted by molar-refractivity contribution is -0.114. The van der Waals surface area contributed by atoms with Crippen LogP contribution in [-0.2, 0) is 4.79 Å². The Morgan fingerprint density at radius 2 is 0.602 bits per heavy atom. The minimum absolute atomic E-state index is 0.158. The van der Waals surface area contributed by atoms with Crippen LogP contribution in [0.25, 0.3) is 90.8 Å². The van der Waals surface area contributed by atoms with Crippen molar-refractivity contribution < 1.29 is 63.9 Å². The Bertz CT molecular complexity index is 6780. The summed E-state index contributed by atoms with van der Waals surface area (Å²) in [4.78, 5) is 81.0. The predicted molar refractivity (Wildman–Crippen MR) is 504 cm³/mol. The molecule has 0 atom stereocenters. The lowest BCUT2D eigenvalue weighted by Crippen LogP contribution is -2.11. The summed E-state index contributed by atoms with van der Waals surface area (Å²) < 4.78 is 91.8. The van der Waals surface area contributed by atoms with Crippen molar-refractivity contribution in [3.05, 3.63) is 324 Å². The number of carbonyl (C=O) groups is 5. The fourth-order valence-electron chi connectivity index (χ4n) is 17.6. The van der Waals surface area contributed by atoms with Crippen LogP contribution in [0.5, 0.6) is 5.75 Å². The van der Waals surface area contributed by atoms with Gasteiger partial charge in [0.15, 0.2) is 46.1 Å². The Labute approximate surface area is 769 Å². The second kappa shape index (κ2) is 40.9. The van der Waals surface area contributed by atoms with Crippen molar-refractivity contribution in [2.45, 2.75) is 148 Å². The van der Waals surface area contributed by atoms with Crippen LogP contribution >= 0.6 is 11.6 Å². The molecule has 5 N–H and O–H groups in total. The molecule has 0 saturated heterocycles. The molecule has 20 rings (SSSR count). The van der Waals surface area contributed by atoms with Crippen molar-refractivity contribution in [1.29, 1.82) is 0 Å². The molecule has 16 aromatic rings. The fourth-order valence-corrected chi connectivity index (χ4v) is 17.9. The molecule has 4 aliphatic rings. The number of halogens is 5. The summed E-state index contributed by atoms with van der Waals surface area (Å²) in [6.07, 6.45) is 25.1. The normalized spacial score (nSPS) is 13.9. The number of hydrogen-bond acceptors (Lipinski definition) is 14. The van der Waals surface area contributed by atoms with E-state index in [2.05, 4.69) is 64.8 Å². The third kappa shape index (κ3) is 21.2. The first-order valence-corrected chi connectivity index (χ1v) is 44.9. The number of benzene rings is 8. The van der Waals surface area contributed by atoms with E-state index in [9.17, 15) is 41.5 Å². The van der Waals surface area contributed by atoms with Gasteiger partial charge in [0.05, 0.1) is 60.2 Å². The van der Waals surface area contributed by atoms with Gasteiger partial charge in [0, 0.05) is 81.8 Å². The van der Waals surface area contributed by atoms with Crippen LogP contribution in [0, 0.1) is 37.1 Å². The van der Waals surface area contributed by atoms with E-state index in [-0.39, 0.29) is 64.0 Å². The number of aromatic nitrogens is 8. The van der Waals surface area contributed by atoms with E-state index in [1.54, 1.807) is 140 Å².